The van der Waals surface area contributed by atoms with E-state index in [1.807, 2.05) is 11.0 Å². The van der Waals surface area contributed by atoms with Gasteiger partial charge in [0.1, 0.15) is 4.88 Å². The molecule has 0 radical (unpaired) electrons. The smallest absolute Gasteiger partial charge is 0.266 e. The number of rotatable bonds is 4. The van der Waals surface area contributed by atoms with E-state index in [4.69, 9.17) is 4.74 Å². The number of carbonyl (C=O) groups is 1. The highest BCUT2D eigenvalue weighted by Gasteiger charge is 2.31. The minimum atomic E-state index is 0.0605. The zero-order chi connectivity index (χ0) is 16.2. The normalized spacial score (nSPS) is 18.1. The maximum absolute atomic E-state index is 12.8. The number of piperazine rings is 1. The Morgan fingerprint density at radius 3 is 2.78 bits per heavy atom. The van der Waals surface area contributed by atoms with Crippen LogP contribution in [0.4, 0.5) is 5.69 Å². The van der Waals surface area contributed by atoms with Crippen LogP contribution < -0.4 is 9.64 Å². The van der Waals surface area contributed by atoms with Crippen molar-refractivity contribution in [1.82, 2.24) is 9.27 Å². The number of carbonyl (C=O) groups excluding carboxylic acids is 1. The van der Waals surface area contributed by atoms with E-state index < -0.39 is 0 Å². The van der Waals surface area contributed by atoms with Crippen LogP contribution in [0.25, 0.3) is 0 Å². The maximum Gasteiger partial charge on any atom is 0.266 e. The number of ether oxygens (including phenoxy) is 1. The van der Waals surface area contributed by atoms with Crippen molar-refractivity contribution in [2.24, 2.45) is 0 Å². The molecule has 5 nitrogen and oxygen atoms in total. The lowest BCUT2D eigenvalue weighted by Crippen LogP contribution is -2.55. The van der Waals surface area contributed by atoms with E-state index in [9.17, 15) is 4.79 Å². The molecule has 1 aromatic heterocycles. The van der Waals surface area contributed by atoms with Crippen LogP contribution in [0.15, 0.2) is 36.4 Å². The Morgan fingerprint density at radius 1 is 1.35 bits per heavy atom. The first-order valence-electron chi connectivity index (χ1n) is 7.84. The molecule has 2 aromatic rings. The van der Waals surface area contributed by atoms with Crippen LogP contribution in [0.5, 0.6) is 5.88 Å². The fourth-order valence-corrected chi connectivity index (χ4v) is 3.61. The monoisotopic (exact) mass is 331 g/mol. The van der Waals surface area contributed by atoms with Gasteiger partial charge in [0.2, 0.25) is 5.88 Å². The second-order valence-corrected chi connectivity index (χ2v) is 6.38. The Balaban J connectivity index is 1.73. The number of aromatic nitrogens is 1. The Morgan fingerprint density at radius 2 is 2.13 bits per heavy atom. The summed E-state index contributed by atoms with van der Waals surface area (Å²) in [5, 5.41) is 0. The van der Waals surface area contributed by atoms with Crippen LogP contribution in [0, 0.1) is 0 Å². The second-order valence-electron chi connectivity index (χ2n) is 5.58. The Hall–Kier alpha value is -2.08. The number of benzene rings is 1. The summed E-state index contributed by atoms with van der Waals surface area (Å²) < 4.78 is 9.21. The molecule has 0 aliphatic carbocycles. The topological polar surface area (TPSA) is 45.7 Å². The number of hydrogen-bond acceptors (Lipinski definition) is 5. The molecule has 1 saturated heterocycles. The molecule has 1 aliphatic rings. The number of methoxy groups -OCH3 is 1. The number of amides is 1. The van der Waals surface area contributed by atoms with Crippen LogP contribution in [0.3, 0.4) is 0 Å². The van der Waals surface area contributed by atoms with E-state index in [1.54, 1.807) is 13.2 Å². The van der Waals surface area contributed by atoms with Crippen molar-refractivity contribution < 1.29 is 9.53 Å². The van der Waals surface area contributed by atoms with Crippen molar-refractivity contribution in [2.75, 3.05) is 31.6 Å². The maximum atomic E-state index is 12.8. The molecular formula is C17H21N3O2S. The Bertz CT molecular complexity index is 659. The van der Waals surface area contributed by atoms with Gasteiger partial charge in [-0.25, -0.2) is 0 Å². The van der Waals surface area contributed by atoms with Gasteiger partial charge in [-0.15, -0.1) is 0 Å². The fourth-order valence-electron chi connectivity index (χ4n) is 2.94. The molecule has 0 N–H and O–H groups in total. The molecule has 1 aromatic carbocycles. The summed E-state index contributed by atoms with van der Waals surface area (Å²) in [6.45, 7) is 4.57. The summed E-state index contributed by atoms with van der Waals surface area (Å²) in [7, 11) is 1.57. The molecule has 1 atom stereocenters. The van der Waals surface area contributed by atoms with Crippen molar-refractivity contribution in [1.29, 1.82) is 0 Å². The molecule has 1 unspecified atom stereocenters. The molecule has 0 spiro atoms. The molecule has 1 fully saturated rings. The molecular weight excluding hydrogens is 310 g/mol. The molecule has 23 heavy (non-hydrogen) atoms. The first kappa shape index (κ1) is 15.8. The van der Waals surface area contributed by atoms with Crippen LogP contribution in [-0.4, -0.2) is 48.0 Å². The molecule has 6 heteroatoms. The van der Waals surface area contributed by atoms with Gasteiger partial charge in [-0.05, 0) is 30.1 Å². The predicted octanol–water partition coefficient (Wildman–Crippen LogP) is 2.89. The first-order chi connectivity index (χ1) is 11.2. The summed E-state index contributed by atoms with van der Waals surface area (Å²) in [5.74, 6) is 0.569. The standard InChI is InChI=1S/C17H21N3O2S/c1-3-13-12-19(14-7-5-4-6-8-14)9-10-20(13)17(21)15-11-16(22-2)18-23-15/h4-8,11,13H,3,9-10,12H2,1-2H3. The van der Waals surface area contributed by atoms with E-state index in [0.29, 0.717) is 10.8 Å². The van der Waals surface area contributed by atoms with Gasteiger partial charge in [-0.2, -0.15) is 4.37 Å². The lowest BCUT2D eigenvalue weighted by Gasteiger charge is -2.42. The zero-order valence-electron chi connectivity index (χ0n) is 13.4. The third-order valence-corrected chi connectivity index (χ3v) is 5.01. The predicted molar refractivity (Wildman–Crippen MR) is 92.4 cm³/mol. The van der Waals surface area contributed by atoms with Gasteiger partial charge in [-0.3, -0.25) is 4.79 Å². The summed E-state index contributed by atoms with van der Waals surface area (Å²) >= 11 is 1.21. The average molecular weight is 331 g/mol. The van der Waals surface area contributed by atoms with Crippen LogP contribution >= 0.6 is 11.5 Å². The molecule has 2 heterocycles. The second kappa shape index (κ2) is 7.00. The van der Waals surface area contributed by atoms with E-state index in [1.165, 1.54) is 17.2 Å². The van der Waals surface area contributed by atoms with Gasteiger partial charge >= 0.3 is 0 Å². The van der Waals surface area contributed by atoms with Gasteiger partial charge in [-0.1, -0.05) is 25.1 Å². The van der Waals surface area contributed by atoms with E-state index in [0.717, 1.165) is 26.1 Å². The van der Waals surface area contributed by atoms with E-state index >= 15 is 0 Å². The van der Waals surface area contributed by atoms with Crippen molar-refractivity contribution in [3.05, 3.63) is 41.3 Å². The number of anilines is 1. The van der Waals surface area contributed by atoms with Gasteiger partial charge < -0.3 is 14.5 Å². The minimum absolute atomic E-state index is 0.0605. The highest BCUT2D eigenvalue weighted by atomic mass is 32.1. The highest BCUT2D eigenvalue weighted by molar-refractivity contribution is 7.08. The third-order valence-electron chi connectivity index (χ3n) is 4.24. The minimum Gasteiger partial charge on any atom is -0.480 e. The average Bonchev–Trinajstić information content (AvgIpc) is 3.10. The lowest BCUT2D eigenvalue weighted by atomic mass is 10.1. The highest BCUT2D eigenvalue weighted by Crippen LogP contribution is 2.24. The number of nitrogens with zero attached hydrogens (tertiary/aromatic N) is 3. The fraction of sp³-hybridized carbons (Fsp3) is 0.412. The molecule has 3 rings (SSSR count). The van der Waals surface area contributed by atoms with Crippen molar-refractivity contribution in [2.45, 2.75) is 19.4 Å². The molecule has 0 saturated carbocycles. The SMILES string of the molecule is CCC1CN(c2ccccc2)CCN1C(=O)c1cc(OC)ns1. The molecule has 0 bridgehead atoms. The van der Waals surface area contributed by atoms with E-state index in [2.05, 4.69) is 40.5 Å². The van der Waals surface area contributed by atoms with Crippen molar-refractivity contribution in [3.8, 4) is 5.88 Å². The Kier molecular flexibility index (Phi) is 4.81. The quantitative estimate of drug-likeness (QED) is 0.864. The molecule has 122 valence electrons. The van der Waals surface area contributed by atoms with Gasteiger partial charge in [0.05, 0.1) is 7.11 Å². The third kappa shape index (κ3) is 3.32. The Labute approximate surface area is 140 Å². The van der Waals surface area contributed by atoms with Crippen LogP contribution in [-0.2, 0) is 0 Å². The van der Waals surface area contributed by atoms with Crippen molar-refractivity contribution >= 4 is 23.1 Å². The number of para-hydroxylation sites is 1. The van der Waals surface area contributed by atoms with Gasteiger partial charge in [0.15, 0.2) is 0 Å². The zero-order valence-corrected chi connectivity index (χ0v) is 14.3. The summed E-state index contributed by atoms with van der Waals surface area (Å²) in [6, 6.07) is 12.3. The van der Waals surface area contributed by atoms with Gasteiger partial charge in [0, 0.05) is 37.4 Å². The summed E-state index contributed by atoms with van der Waals surface area (Å²) in [5.41, 5.74) is 1.22. The van der Waals surface area contributed by atoms with Crippen LogP contribution in [0.1, 0.15) is 23.0 Å². The van der Waals surface area contributed by atoms with Gasteiger partial charge in [0.25, 0.3) is 5.91 Å². The number of hydrogen-bond donors (Lipinski definition) is 0. The lowest BCUT2D eigenvalue weighted by molar-refractivity contribution is 0.0656. The first-order valence-corrected chi connectivity index (χ1v) is 8.62. The summed E-state index contributed by atoms with van der Waals surface area (Å²) in [6.07, 6.45) is 0.936. The van der Waals surface area contributed by atoms with Crippen LogP contribution in [0.2, 0.25) is 0 Å². The molecule has 1 amide bonds. The molecule has 1 aliphatic heterocycles. The van der Waals surface area contributed by atoms with E-state index in [-0.39, 0.29) is 11.9 Å². The largest absolute Gasteiger partial charge is 0.480 e. The van der Waals surface area contributed by atoms with Crippen molar-refractivity contribution in [3.63, 3.8) is 0 Å². The summed E-state index contributed by atoms with van der Waals surface area (Å²) in [4.78, 5) is 17.7.